The van der Waals surface area contributed by atoms with Gasteiger partial charge in [0.15, 0.2) is 0 Å². The summed E-state index contributed by atoms with van der Waals surface area (Å²) in [5, 5.41) is 20.2. The van der Waals surface area contributed by atoms with Crippen molar-refractivity contribution in [3.8, 4) is 0 Å². The second-order valence-electron chi connectivity index (χ2n) is 6.14. The Balaban J connectivity index is 1.65. The fourth-order valence-electron chi connectivity index (χ4n) is 2.42. The molecule has 0 amide bonds. The third-order valence-electron chi connectivity index (χ3n) is 3.72. The quantitative estimate of drug-likeness (QED) is 0.702. The Kier molecular flexibility index (Phi) is 8.19. The van der Waals surface area contributed by atoms with Crippen LogP contribution in [0.1, 0.15) is 22.3 Å². The largest absolute Gasteiger partial charge is 0.390 e. The van der Waals surface area contributed by atoms with Crippen molar-refractivity contribution in [1.82, 2.24) is 0 Å². The zero-order valence-corrected chi connectivity index (χ0v) is 15.9. The van der Waals surface area contributed by atoms with Gasteiger partial charge in [-0.15, -0.1) is 0 Å². The molecule has 0 spiro atoms. The summed E-state index contributed by atoms with van der Waals surface area (Å²) < 4.78 is 0. The Hall–Kier alpha value is -0.940. The molecule has 0 aromatic heterocycles. The van der Waals surface area contributed by atoms with E-state index in [1.165, 1.54) is 22.3 Å². The molecule has 0 aliphatic heterocycles. The number of benzene rings is 2. The van der Waals surface area contributed by atoms with Gasteiger partial charge in [-0.25, -0.2) is 0 Å². The average molecular weight is 363 g/mol. The number of aliphatic hydroxyl groups is 2. The van der Waals surface area contributed by atoms with E-state index in [2.05, 4.69) is 62.4 Å². The van der Waals surface area contributed by atoms with Gasteiger partial charge < -0.3 is 10.2 Å². The number of rotatable bonds is 9. The van der Waals surface area contributed by atoms with Crippen LogP contribution >= 0.6 is 23.5 Å². The first kappa shape index (κ1) is 19.4. The van der Waals surface area contributed by atoms with Gasteiger partial charge in [0.25, 0.3) is 0 Å². The zero-order chi connectivity index (χ0) is 17.4. The molecule has 0 saturated heterocycles. The lowest BCUT2D eigenvalue weighted by Crippen LogP contribution is -2.30. The minimum absolute atomic E-state index is 0.556. The molecule has 2 aromatic carbocycles. The van der Waals surface area contributed by atoms with E-state index in [0.29, 0.717) is 11.5 Å². The van der Waals surface area contributed by atoms with Crippen LogP contribution in [0.4, 0.5) is 0 Å². The van der Waals surface area contributed by atoms with Crippen LogP contribution < -0.4 is 0 Å². The average Bonchev–Trinajstić information content (AvgIpc) is 2.55. The van der Waals surface area contributed by atoms with Crippen LogP contribution in [0.2, 0.25) is 0 Å². The molecular formula is C20H26O2S2. The van der Waals surface area contributed by atoms with Gasteiger partial charge in [-0.2, -0.15) is 23.5 Å². The summed E-state index contributed by atoms with van der Waals surface area (Å²) in [6.45, 7) is 4.16. The van der Waals surface area contributed by atoms with Crippen molar-refractivity contribution in [3.63, 3.8) is 0 Å². The fourth-order valence-corrected chi connectivity index (χ4v) is 4.41. The molecule has 24 heavy (non-hydrogen) atoms. The van der Waals surface area contributed by atoms with Crippen molar-refractivity contribution < 1.29 is 10.2 Å². The maximum absolute atomic E-state index is 10.1. The van der Waals surface area contributed by atoms with Crippen molar-refractivity contribution in [2.45, 2.75) is 37.6 Å². The molecule has 0 bridgehead atoms. The Morgan fingerprint density at radius 2 is 1.17 bits per heavy atom. The highest BCUT2D eigenvalue weighted by Crippen LogP contribution is 2.19. The van der Waals surface area contributed by atoms with Crippen LogP contribution in [0.15, 0.2) is 48.5 Å². The summed E-state index contributed by atoms with van der Waals surface area (Å²) in [5.74, 6) is 2.84. The van der Waals surface area contributed by atoms with Gasteiger partial charge in [0.1, 0.15) is 0 Å². The number of thioether (sulfide) groups is 2. The van der Waals surface area contributed by atoms with Crippen LogP contribution in [0.3, 0.4) is 0 Å². The zero-order valence-electron chi connectivity index (χ0n) is 14.3. The Labute approximate surface area is 153 Å². The summed E-state index contributed by atoms with van der Waals surface area (Å²) in [7, 11) is 0. The molecular weight excluding hydrogens is 336 g/mol. The van der Waals surface area contributed by atoms with E-state index < -0.39 is 12.2 Å². The lowest BCUT2D eigenvalue weighted by Gasteiger charge is -2.17. The van der Waals surface area contributed by atoms with Crippen LogP contribution in [-0.4, -0.2) is 33.9 Å². The van der Waals surface area contributed by atoms with Crippen molar-refractivity contribution in [2.75, 3.05) is 11.5 Å². The number of aryl methyl sites for hydroxylation is 2. The molecule has 0 aliphatic rings. The van der Waals surface area contributed by atoms with Gasteiger partial charge in [-0.3, -0.25) is 0 Å². The second kappa shape index (κ2) is 10.1. The predicted molar refractivity (Wildman–Crippen MR) is 107 cm³/mol. The van der Waals surface area contributed by atoms with Crippen LogP contribution in [0, 0.1) is 13.8 Å². The monoisotopic (exact) mass is 362 g/mol. The van der Waals surface area contributed by atoms with E-state index in [9.17, 15) is 10.2 Å². The molecule has 4 heteroatoms. The highest BCUT2D eigenvalue weighted by atomic mass is 32.2. The summed E-state index contributed by atoms with van der Waals surface area (Å²) in [6.07, 6.45) is -1.35. The summed E-state index contributed by atoms with van der Waals surface area (Å²) in [5.41, 5.74) is 5.02. The fraction of sp³-hybridized carbons (Fsp3) is 0.400. The maximum Gasteiger partial charge on any atom is 0.0897 e. The molecule has 0 fully saturated rings. The summed E-state index contributed by atoms with van der Waals surface area (Å²) in [4.78, 5) is 0. The standard InChI is InChI=1S/C20H26O2S2/c1-15-5-3-7-17(9-15)11-23-13-19(21)20(22)14-24-12-18-8-4-6-16(2)10-18/h3-10,19-22H,11-14H2,1-2H3/t19-,20+. The Bertz CT molecular complexity index is 575. The molecule has 2 nitrogen and oxygen atoms in total. The van der Waals surface area contributed by atoms with E-state index in [0.717, 1.165) is 11.5 Å². The van der Waals surface area contributed by atoms with E-state index >= 15 is 0 Å². The van der Waals surface area contributed by atoms with Crippen molar-refractivity contribution in [2.24, 2.45) is 0 Å². The van der Waals surface area contributed by atoms with Gasteiger partial charge >= 0.3 is 0 Å². The normalized spacial score (nSPS) is 13.7. The number of hydrogen-bond donors (Lipinski definition) is 2. The third-order valence-corrected chi connectivity index (χ3v) is 5.95. The molecule has 0 heterocycles. The highest BCUT2D eigenvalue weighted by Gasteiger charge is 2.16. The summed E-state index contributed by atoms with van der Waals surface area (Å²) in [6, 6.07) is 16.8. The van der Waals surface area contributed by atoms with Crippen molar-refractivity contribution >= 4 is 23.5 Å². The maximum atomic E-state index is 10.1. The van der Waals surface area contributed by atoms with Crippen molar-refractivity contribution in [1.29, 1.82) is 0 Å². The molecule has 0 unspecified atom stereocenters. The SMILES string of the molecule is Cc1cccc(CSC[C@@H](O)[C@@H](O)CSCc2cccc(C)c2)c1. The van der Waals surface area contributed by atoms with Gasteiger partial charge in [-0.1, -0.05) is 59.7 Å². The minimum Gasteiger partial charge on any atom is -0.390 e. The Morgan fingerprint density at radius 3 is 1.54 bits per heavy atom. The minimum atomic E-state index is -0.676. The molecule has 2 atom stereocenters. The van der Waals surface area contributed by atoms with E-state index in [1.54, 1.807) is 23.5 Å². The number of hydrogen-bond acceptors (Lipinski definition) is 4. The first-order valence-electron chi connectivity index (χ1n) is 8.17. The van der Waals surface area contributed by atoms with E-state index in [4.69, 9.17) is 0 Å². The van der Waals surface area contributed by atoms with Gasteiger partial charge in [0.2, 0.25) is 0 Å². The molecule has 2 aromatic rings. The van der Waals surface area contributed by atoms with Crippen LogP contribution in [0.25, 0.3) is 0 Å². The smallest absolute Gasteiger partial charge is 0.0897 e. The van der Waals surface area contributed by atoms with Gasteiger partial charge in [0.05, 0.1) is 12.2 Å². The predicted octanol–water partition coefficient (Wildman–Crippen LogP) is 4.19. The van der Waals surface area contributed by atoms with E-state index in [-0.39, 0.29) is 0 Å². The lowest BCUT2D eigenvalue weighted by molar-refractivity contribution is 0.0500. The van der Waals surface area contributed by atoms with Gasteiger partial charge in [-0.05, 0) is 25.0 Å². The Morgan fingerprint density at radius 1 is 0.750 bits per heavy atom. The molecule has 2 N–H and O–H groups in total. The van der Waals surface area contributed by atoms with Crippen molar-refractivity contribution in [3.05, 3.63) is 70.8 Å². The first-order chi connectivity index (χ1) is 11.5. The lowest BCUT2D eigenvalue weighted by atomic mass is 10.2. The molecule has 0 saturated carbocycles. The van der Waals surface area contributed by atoms with Crippen LogP contribution in [0.5, 0.6) is 0 Å². The topological polar surface area (TPSA) is 40.5 Å². The first-order valence-corrected chi connectivity index (χ1v) is 10.5. The number of aliphatic hydroxyl groups excluding tert-OH is 2. The molecule has 2 rings (SSSR count). The van der Waals surface area contributed by atoms with Gasteiger partial charge in [0, 0.05) is 23.0 Å². The third kappa shape index (κ3) is 6.89. The molecule has 0 aliphatic carbocycles. The molecule has 130 valence electrons. The molecule has 0 radical (unpaired) electrons. The summed E-state index contributed by atoms with van der Waals surface area (Å²) >= 11 is 3.33. The second-order valence-corrected chi connectivity index (χ2v) is 8.20. The van der Waals surface area contributed by atoms with E-state index in [1.807, 2.05) is 0 Å². The van der Waals surface area contributed by atoms with Crippen LogP contribution in [-0.2, 0) is 11.5 Å². The highest BCUT2D eigenvalue weighted by molar-refractivity contribution is 7.98.